The third kappa shape index (κ3) is 3.35. The van der Waals surface area contributed by atoms with Crippen LogP contribution in [0.4, 0.5) is 0 Å². The molecular formula is C16H26N2O. The van der Waals surface area contributed by atoms with Crippen molar-refractivity contribution in [1.29, 1.82) is 0 Å². The van der Waals surface area contributed by atoms with Gasteiger partial charge in [0.05, 0.1) is 6.10 Å². The number of rotatable bonds is 5. The van der Waals surface area contributed by atoms with Crippen LogP contribution < -0.4 is 5.73 Å². The lowest BCUT2D eigenvalue weighted by Gasteiger charge is -2.27. The zero-order valence-corrected chi connectivity index (χ0v) is 12.3. The fourth-order valence-electron chi connectivity index (χ4n) is 2.83. The van der Waals surface area contributed by atoms with Crippen LogP contribution in [-0.2, 0) is 4.74 Å². The Hall–Kier alpha value is -0.900. The van der Waals surface area contributed by atoms with E-state index in [0.717, 1.165) is 19.5 Å². The van der Waals surface area contributed by atoms with Crippen molar-refractivity contribution in [2.75, 3.05) is 26.7 Å². The lowest BCUT2D eigenvalue weighted by molar-refractivity contribution is 0.101. The number of nitrogens with zero attached hydrogens (tertiary/aromatic N) is 1. The van der Waals surface area contributed by atoms with Gasteiger partial charge in [-0.1, -0.05) is 38.1 Å². The van der Waals surface area contributed by atoms with Crippen LogP contribution >= 0.6 is 0 Å². The fraction of sp³-hybridized carbons (Fsp3) is 0.625. The molecule has 2 unspecified atom stereocenters. The summed E-state index contributed by atoms with van der Waals surface area (Å²) in [6.45, 7) is 7.17. The second-order valence-corrected chi connectivity index (χ2v) is 5.71. The summed E-state index contributed by atoms with van der Waals surface area (Å²) in [7, 11) is 1.79. The van der Waals surface area contributed by atoms with Crippen LogP contribution in [0.3, 0.4) is 0 Å². The molecule has 0 aliphatic carbocycles. The van der Waals surface area contributed by atoms with E-state index >= 15 is 0 Å². The van der Waals surface area contributed by atoms with E-state index in [1.807, 2.05) is 0 Å². The summed E-state index contributed by atoms with van der Waals surface area (Å²) in [5, 5.41) is 0. The quantitative estimate of drug-likeness (QED) is 0.886. The predicted octanol–water partition coefficient (Wildman–Crippen LogP) is 2.53. The highest BCUT2D eigenvalue weighted by Crippen LogP contribution is 2.26. The number of nitrogens with two attached hydrogens (primary N) is 1. The molecule has 0 aromatic heterocycles. The Bertz CT molecular complexity index is 388. The zero-order chi connectivity index (χ0) is 13.8. The smallest absolute Gasteiger partial charge is 0.0710 e. The fourth-order valence-corrected chi connectivity index (χ4v) is 2.83. The number of methoxy groups -OCH3 is 1. The van der Waals surface area contributed by atoms with Crippen LogP contribution in [0.2, 0.25) is 0 Å². The van der Waals surface area contributed by atoms with E-state index in [2.05, 4.69) is 43.0 Å². The molecule has 0 bridgehead atoms. The number of likely N-dealkylation sites (tertiary alicyclic amines) is 1. The minimum Gasteiger partial charge on any atom is -0.380 e. The molecule has 1 aromatic rings. The molecular weight excluding hydrogens is 236 g/mol. The summed E-state index contributed by atoms with van der Waals surface area (Å²) >= 11 is 0. The third-order valence-electron chi connectivity index (χ3n) is 4.16. The van der Waals surface area contributed by atoms with Crippen LogP contribution in [0, 0.1) is 0 Å². The maximum absolute atomic E-state index is 5.99. The van der Waals surface area contributed by atoms with Gasteiger partial charge in [-0.2, -0.15) is 0 Å². The molecule has 2 rings (SSSR count). The molecule has 1 aliphatic rings. The highest BCUT2D eigenvalue weighted by Gasteiger charge is 2.28. The van der Waals surface area contributed by atoms with E-state index in [1.54, 1.807) is 7.11 Å². The number of ether oxygens (including phenoxy) is 1. The Morgan fingerprint density at radius 2 is 1.89 bits per heavy atom. The molecule has 1 aromatic carbocycles. The zero-order valence-electron chi connectivity index (χ0n) is 12.3. The molecule has 1 heterocycles. The first-order valence-electron chi connectivity index (χ1n) is 7.22. The van der Waals surface area contributed by atoms with Gasteiger partial charge >= 0.3 is 0 Å². The third-order valence-corrected chi connectivity index (χ3v) is 4.16. The molecule has 2 atom stereocenters. The highest BCUT2D eigenvalue weighted by molar-refractivity contribution is 5.27. The first-order valence-corrected chi connectivity index (χ1v) is 7.22. The van der Waals surface area contributed by atoms with Gasteiger partial charge < -0.3 is 10.5 Å². The average Bonchev–Trinajstić information content (AvgIpc) is 2.89. The van der Waals surface area contributed by atoms with E-state index in [1.165, 1.54) is 11.1 Å². The van der Waals surface area contributed by atoms with Gasteiger partial charge in [-0.3, -0.25) is 4.90 Å². The van der Waals surface area contributed by atoms with Crippen molar-refractivity contribution in [3.8, 4) is 0 Å². The van der Waals surface area contributed by atoms with E-state index in [0.29, 0.717) is 24.6 Å². The topological polar surface area (TPSA) is 38.5 Å². The van der Waals surface area contributed by atoms with Crippen molar-refractivity contribution in [2.24, 2.45) is 5.73 Å². The largest absolute Gasteiger partial charge is 0.380 e. The molecule has 106 valence electrons. The molecule has 1 aliphatic heterocycles. The van der Waals surface area contributed by atoms with E-state index in [4.69, 9.17) is 10.5 Å². The lowest BCUT2D eigenvalue weighted by Crippen LogP contribution is -2.33. The SMILES string of the molecule is COC1CCN(C(CN)c2ccc(C(C)C)cc2)C1. The summed E-state index contributed by atoms with van der Waals surface area (Å²) in [5.74, 6) is 0.579. The summed E-state index contributed by atoms with van der Waals surface area (Å²) in [5.41, 5.74) is 8.69. The average molecular weight is 262 g/mol. The van der Waals surface area contributed by atoms with Crippen LogP contribution in [-0.4, -0.2) is 37.7 Å². The summed E-state index contributed by atoms with van der Waals surface area (Å²) in [4.78, 5) is 2.44. The summed E-state index contributed by atoms with van der Waals surface area (Å²) < 4.78 is 5.44. The monoisotopic (exact) mass is 262 g/mol. The molecule has 0 amide bonds. The number of hydrogen-bond donors (Lipinski definition) is 1. The minimum atomic E-state index is 0.321. The van der Waals surface area contributed by atoms with Gasteiger partial charge in [0.25, 0.3) is 0 Å². The van der Waals surface area contributed by atoms with Gasteiger partial charge in [0.15, 0.2) is 0 Å². The maximum atomic E-state index is 5.99. The van der Waals surface area contributed by atoms with Crippen molar-refractivity contribution in [3.05, 3.63) is 35.4 Å². The van der Waals surface area contributed by atoms with Crippen LogP contribution in [0.25, 0.3) is 0 Å². The first-order chi connectivity index (χ1) is 9.15. The Balaban J connectivity index is 2.09. The Labute approximate surface area is 116 Å². The number of hydrogen-bond acceptors (Lipinski definition) is 3. The molecule has 0 radical (unpaired) electrons. The van der Waals surface area contributed by atoms with Gasteiger partial charge in [0, 0.05) is 32.8 Å². The van der Waals surface area contributed by atoms with Crippen molar-refractivity contribution in [3.63, 3.8) is 0 Å². The Kier molecular flexibility index (Phi) is 4.97. The standard InChI is InChI=1S/C16H26N2O/c1-12(2)13-4-6-14(7-5-13)16(10-17)18-9-8-15(11-18)19-3/h4-7,12,15-16H,8-11,17H2,1-3H3. The normalized spacial score (nSPS) is 22.1. The van der Waals surface area contributed by atoms with Gasteiger partial charge in [0.2, 0.25) is 0 Å². The van der Waals surface area contributed by atoms with E-state index in [9.17, 15) is 0 Å². The molecule has 3 nitrogen and oxygen atoms in total. The maximum Gasteiger partial charge on any atom is 0.0710 e. The van der Waals surface area contributed by atoms with Gasteiger partial charge in [-0.05, 0) is 23.5 Å². The second kappa shape index (κ2) is 6.51. The van der Waals surface area contributed by atoms with Gasteiger partial charge in [-0.25, -0.2) is 0 Å². The predicted molar refractivity (Wildman–Crippen MR) is 79.3 cm³/mol. The molecule has 2 N–H and O–H groups in total. The summed E-state index contributed by atoms with van der Waals surface area (Å²) in [6, 6.07) is 9.24. The Morgan fingerprint density at radius 1 is 1.26 bits per heavy atom. The minimum absolute atomic E-state index is 0.321. The molecule has 0 spiro atoms. The molecule has 19 heavy (non-hydrogen) atoms. The van der Waals surface area contributed by atoms with Gasteiger partial charge in [0.1, 0.15) is 0 Å². The summed E-state index contributed by atoms with van der Waals surface area (Å²) in [6.07, 6.45) is 1.47. The highest BCUT2D eigenvalue weighted by atomic mass is 16.5. The Morgan fingerprint density at radius 3 is 2.37 bits per heavy atom. The molecule has 3 heteroatoms. The van der Waals surface area contributed by atoms with Crippen molar-refractivity contribution in [1.82, 2.24) is 4.90 Å². The van der Waals surface area contributed by atoms with Crippen molar-refractivity contribution in [2.45, 2.75) is 38.3 Å². The van der Waals surface area contributed by atoms with Crippen molar-refractivity contribution < 1.29 is 4.74 Å². The van der Waals surface area contributed by atoms with Crippen LogP contribution in [0.1, 0.15) is 43.4 Å². The second-order valence-electron chi connectivity index (χ2n) is 5.71. The van der Waals surface area contributed by atoms with E-state index < -0.39 is 0 Å². The number of benzene rings is 1. The van der Waals surface area contributed by atoms with E-state index in [-0.39, 0.29) is 0 Å². The van der Waals surface area contributed by atoms with Crippen molar-refractivity contribution >= 4 is 0 Å². The van der Waals surface area contributed by atoms with Crippen LogP contribution in [0.5, 0.6) is 0 Å². The van der Waals surface area contributed by atoms with Gasteiger partial charge in [-0.15, -0.1) is 0 Å². The lowest BCUT2D eigenvalue weighted by atomic mass is 9.98. The van der Waals surface area contributed by atoms with Crippen LogP contribution in [0.15, 0.2) is 24.3 Å². The molecule has 0 saturated carbocycles. The molecule has 1 saturated heterocycles. The molecule has 1 fully saturated rings. The first kappa shape index (κ1) is 14.5.